The zero-order chi connectivity index (χ0) is 13.1. The third-order valence-corrected chi connectivity index (χ3v) is 4.83. The van der Waals surface area contributed by atoms with Gasteiger partial charge in [-0.25, -0.2) is 9.97 Å². The Balaban J connectivity index is 1.84. The summed E-state index contributed by atoms with van der Waals surface area (Å²) in [6.07, 6.45) is 6.35. The third-order valence-electron chi connectivity index (χ3n) is 3.65. The molecule has 0 aromatic carbocycles. The molecule has 3 heterocycles. The summed E-state index contributed by atoms with van der Waals surface area (Å²) >= 11 is 1.77. The average molecular weight is 276 g/mol. The van der Waals surface area contributed by atoms with E-state index in [4.69, 9.17) is 0 Å². The SMILES string of the molecule is CCc1cc2c(NC3CCCNCC3)ncnc2s1. The van der Waals surface area contributed by atoms with Crippen LogP contribution in [0.25, 0.3) is 10.2 Å². The fourth-order valence-electron chi connectivity index (χ4n) is 2.55. The zero-order valence-corrected chi connectivity index (χ0v) is 12.1. The Morgan fingerprint density at radius 3 is 3.21 bits per heavy atom. The molecule has 2 aromatic rings. The number of rotatable bonds is 3. The minimum Gasteiger partial charge on any atom is -0.367 e. The topological polar surface area (TPSA) is 49.8 Å². The number of hydrogen-bond acceptors (Lipinski definition) is 5. The maximum Gasteiger partial charge on any atom is 0.138 e. The Morgan fingerprint density at radius 2 is 2.32 bits per heavy atom. The first-order valence-electron chi connectivity index (χ1n) is 7.07. The van der Waals surface area contributed by atoms with Gasteiger partial charge in [-0.3, -0.25) is 0 Å². The number of thiophene rings is 1. The second-order valence-electron chi connectivity index (χ2n) is 5.03. The van der Waals surface area contributed by atoms with Crippen LogP contribution in [0, 0.1) is 0 Å². The Bertz CT molecular complexity index is 543. The van der Waals surface area contributed by atoms with Crippen LogP contribution in [0.15, 0.2) is 12.4 Å². The van der Waals surface area contributed by atoms with E-state index >= 15 is 0 Å². The standard InChI is InChI=1S/C14H20N4S/c1-2-11-8-12-13(16-9-17-14(12)19-11)18-10-4-3-6-15-7-5-10/h8-10,15H,2-7H2,1H3,(H,16,17,18). The molecule has 1 unspecified atom stereocenters. The van der Waals surface area contributed by atoms with Gasteiger partial charge in [0.1, 0.15) is 17.0 Å². The summed E-state index contributed by atoms with van der Waals surface area (Å²) in [6, 6.07) is 2.76. The van der Waals surface area contributed by atoms with Crippen molar-refractivity contribution in [3.05, 3.63) is 17.3 Å². The fraction of sp³-hybridized carbons (Fsp3) is 0.571. The van der Waals surface area contributed by atoms with E-state index in [0.29, 0.717) is 6.04 Å². The molecule has 1 atom stereocenters. The monoisotopic (exact) mass is 276 g/mol. The van der Waals surface area contributed by atoms with Gasteiger partial charge in [0.05, 0.1) is 5.39 Å². The van der Waals surface area contributed by atoms with E-state index < -0.39 is 0 Å². The van der Waals surface area contributed by atoms with Gasteiger partial charge >= 0.3 is 0 Å². The van der Waals surface area contributed by atoms with Crippen LogP contribution < -0.4 is 10.6 Å². The predicted molar refractivity (Wildman–Crippen MR) is 80.9 cm³/mol. The van der Waals surface area contributed by atoms with Crippen molar-refractivity contribution in [2.75, 3.05) is 18.4 Å². The number of nitrogens with zero attached hydrogens (tertiary/aromatic N) is 2. The molecule has 0 aliphatic carbocycles. The van der Waals surface area contributed by atoms with Crippen molar-refractivity contribution in [2.45, 2.75) is 38.6 Å². The summed E-state index contributed by atoms with van der Waals surface area (Å²) in [4.78, 5) is 11.3. The van der Waals surface area contributed by atoms with Gasteiger partial charge in [0.15, 0.2) is 0 Å². The van der Waals surface area contributed by atoms with E-state index in [1.165, 1.54) is 23.1 Å². The van der Waals surface area contributed by atoms with Gasteiger partial charge in [-0.05, 0) is 44.8 Å². The molecule has 0 radical (unpaired) electrons. The summed E-state index contributed by atoms with van der Waals surface area (Å²) in [7, 11) is 0. The van der Waals surface area contributed by atoms with Crippen LogP contribution in [-0.4, -0.2) is 29.1 Å². The van der Waals surface area contributed by atoms with Crippen molar-refractivity contribution >= 4 is 27.4 Å². The normalized spacial score (nSPS) is 20.4. The molecular formula is C14H20N4S. The zero-order valence-electron chi connectivity index (χ0n) is 11.3. The summed E-state index contributed by atoms with van der Waals surface area (Å²) < 4.78 is 0. The molecule has 2 N–H and O–H groups in total. The largest absolute Gasteiger partial charge is 0.367 e. The molecule has 0 spiro atoms. The fourth-order valence-corrected chi connectivity index (χ4v) is 3.49. The summed E-state index contributed by atoms with van der Waals surface area (Å²) in [5.74, 6) is 1.01. The van der Waals surface area contributed by atoms with E-state index in [9.17, 15) is 0 Å². The van der Waals surface area contributed by atoms with Crippen LogP contribution in [0.3, 0.4) is 0 Å². The molecule has 4 nitrogen and oxygen atoms in total. The Kier molecular flexibility index (Phi) is 3.94. The highest BCUT2D eigenvalue weighted by Crippen LogP contribution is 2.29. The van der Waals surface area contributed by atoms with E-state index in [2.05, 4.69) is 33.6 Å². The van der Waals surface area contributed by atoms with Crippen molar-refractivity contribution in [3.8, 4) is 0 Å². The summed E-state index contributed by atoms with van der Waals surface area (Å²) in [5.41, 5.74) is 0. The Labute approximate surface area is 117 Å². The first-order valence-corrected chi connectivity index (χ1v) is 7.89. The molecule has 1 aliphatic rings. The number of aromatic nitrogens is 2. The van der Waals surface area contributed by atoms with Gasteiger partial charge in [-0.15, -0.1) is 11.3 Å². The van der Waals surface area contributed by atoms with Gasteiger partial charge in [-0.1, -0.05) is 6.92 Å². The molecule has 0 saturated carbocycles. The molecule has 0 bridgehead atoms. The number of anilines is 1. The average Bonchev–Trinajstić information content (AvgIpc) is 2.70. The Morgan fingerprint density at radius 1 is 1.37 bits per heavy atom. The number of aryl methyl sites for hydroxylation is 1. The predicted octanol–water partition coefficient (Wildman–Crippen LogP) is 2.81. The lowest BCUT2D eigenvalue weighted by molar-refractivity contribution is 0.635. The van der Waals surface area contributed by atoms with Crippen LogP contribution in [0.5, 0.6) is 0 Å². The lowest BCUT2D eigenvalue weighted by Gasteiger charge is -2.16. The molecule has 19 heavy (non-hydrogen) atoms. The number of fused-ring (bicyclic) bond motifs is 1. The van der Waals surface area contributed by atoms with Crippen LogP contribution in [0.2, 0.25) is 0 Å². The van der Waals surface area contributed by atoms with E-state index in [1.54, 1.807) is 17.7 Å². The number of hydrogen-bond donors (Lipinski definition) is 2. The van der Waals surface area contributed by atoms with Crippen molar-refractivity contribution in [1.82, 2.24) is 15.3 Å². The summed E-state index contributed by atoms with van der Waals surface area (Å²) in [5, 5.41) is 8.24. The van der Waals surface area contributed by atoms with Gasteiger partial charge in [0, 0.05) is 10.9 Å². The van der Waals surface area contributed by atoms with Crippen molar-refractivity contribution in [1.29, 1.82) is 0 Å². The maximum absolute atomic E-state index is 4.44. The minimum absolute atomic E-state index is 0.526. The Hall–Kier alpha value is -1.20. The van der Waals surface area contributed by atoms with Crippen molar-refractivity contribution in [3.63, 3.8) is 0 Å². The first kappa shape index (κ1) is 12.8. The second kappa shape index (κ2) is 5.84. The molecule has 2 aromatic heterocycles. The molecular weight excluding hydrogens is 256 g/mol. The van der Waals surface area contributed by atoms with Gasteiger partial charge < -0.3 is 10.6 Å². The maximum atomic E-state index is 4.44. The quantitative estimate of drug-likeness (QED) is 0.905. The van der Waals surface area contributed by atoms with Gasteiger partial charge in [0.25, 0.3) is 0 Å². The highest BCUT2D eigenvalue weighted by Gasteiger charge is 2.14. The van der Waals surface area contributed by atoms with Gasteiger partial charge in [0.2, 0.25) is 0 Å². The van der Waals surface area contributed by atoms with Crippen molar-refractivity contribution in [2.24, 2.45) is 0 Å². The van der Waals surface area contributed by atoms with Crippen LogP contribution >= 0.6 is 11.3 Å². The molecule has 1 aliphatic heterocycles. The molecule has 3 rings (SSSR count). The van der Waals surface area contributed by atoms with Crippen LogP contribution in [0.4, 0.5) is 5.82 Å². The molecule has 102 valence electrons. The third kappa shape index (κ3) is 2.87. The van der Waals surface area contributed by atoms with E-state index in [0.717, 1.165) is 36.6 Å². The molecule has 5 heteroatoms. The highest BCUT2D eigenvalue weighted by molar-refractivity contribution is 7.18. The van der Waals surface area contributed by atoms with E-state index in [1.807, 2.05) is 0 Å². The molecule has 1 saturated heterocycles. The molecule has 0 amide bonds. The van der Waals surface area contributed by atoms with Crippen LogP contribution in [0.1, 0.15) is 31.1 Å². The van der Waals surface area contributed by atoms with Crippen molar-refractivity contribution < 1.29 is 0 Å². The first-order chi connectivity index (χ1) is 9.36. The minimum atomic E-state index is 0.526. The highest BCUT2D eigenvalue weighted by atomic mass is 32.1. The van der Waals surface area contributed by atoms with Gasteiger partial charge in [-0.2, -0.15) is 0 Å². The number of nitrogens with one attached hydrogen (secondary N) is 2. The smallest absolute Gasteiger partial charge is 0.138 e. The second-order valence-corrected chi connectivity index (χ2v) is 6.14. The van der Waals surface area contributed by atoms with Crippen LogP contribution in [-0.2, 0) is 6.42 Å². The lowest BCUT2D eigenvalue weighted by Crippen LogP contribution is -2.22. The van der Waals surface area contributed by atoms with E-state index in [-0.39, 0.29) is 0 Å². The lowest BCUT2D eigenvalue weighted by atomic mass is 10.1. The molecule has 1 fully saturated rings. The summed E-state index contributed by atoms with van der Waals surface area (Å²) in [6.45, 7) is 4.41.